The van der Waals surface area contributed by atoms with Crippen molar-refractivity contribution in [3.05, 3.63) is 41.4 Å². The summed E-state index contributed by atoms with van der Waals surface area (Å²) in [5, 5.41) is 10.6. The Morgan fingerprint density at radius 1 is 1.36 bits per heavy atom. The fourth-order valence-corrected chi connectivity index (χ4v) is 3.03. The molecule has 114 valence electrons. The fraction of sp³-hybridized carbons (Fsp3) is 0.333. The molecule has 1 amide bonds. The molecule has 2 atom stereocenters. The zero-order chi connectivity index (χ0) is 15.4. The molecule has 6 nitrogen and oxygen atoms in total. The number of aromatic nitrogens is 2. The van der Waals surface area contributed by atoms with Crippen molar-refractivity contribution < 1.29 is 14.3 Å². The smallest absolute Gasteiger partial charge is 0.306 e. The molecule has 0 aliphatic carbocycles. The molecule has 1 saturated heterocycles. The van der Waals surface area contributed by atoms with Crippen LogP contribution in [0.2, 0.25) is 0 Å². The lowest BCUT2D eigenvalue weighted by atomic mass is 9.91. The normalized spacial score (nSPS) is 20.6. The van der Waals surface area contributed by atoms with Crippen LogP contribution in [0.4, 0.5) is 5.13 Å². The Kier molecular flexibility index (Phi) is 4.43. The van der Waals surface area contributed by atoms with Crippen LogP contribution < -0.4 is 5.32 Å². The van der Waals surface area contributed by atoms with Crippen molar-refractivity contribution in [2.45, 2.75) is 25.4 Å². The van der Waals surface area contributed by atoms with Gasteiger partial charge in [-0.15, -0.1) is 10.2 Å². The van der Waals surface area contributed by atoms with Gasteiger partial charge in [-0.3, -0.25) is 9.59 Å². The standard InChI is InChI=1S/C15H15N3O3S/c19-12(17-15-18-16-9-22-15)7-6-11-8-13(20)21-14(11)10-4-2-1-3-5-10/h1-5,9,11,14H,6-8H2,(H,17,18,19). The third kappa shape index (κ3) is 3.48. The Morgan fingerprint density at radius 3 is 2.91 bits per heavy atom. The van der Waals surface area contributed by atoms with Crippen LogP contribution >= 0.6 is 11.3 Å². The maximum atomic E-state index is 11.9. The van der Waals surface area contributed by atoms with Gasteiger partial charge in [-0.05, 0) is 12.0 Å². The van der Waals surface area contributed by atoms with Gasteiger partial charge in [0.1, 0.15) is 11.6 Å². The first kappa shape index (κ1) is 14.6. The molecule has 2 unspecified atom stereocenters. The second kappa shape index (κ2) is 6.65. The first-order valence-corrected chi connectivity index (χ1v) is 7.91. The SMILES string of the molecule is O=C(CCC1CC(=O)OC1c1ccccc1)Nc1nncs1. The average Bonchev–Trinajstić information content (AvgIpc) is 3.15. The van der Waals surface area contributed by atoms with E-state index in [1.807, 2.05) is 30.3 Å². The highest BCUT2D eigenvalue weighted by Gasteiger charge is 2.35. The Hall–Kier alpha value is -2.28. The van der Waals surface area contributed by atoms with Gasteiger partial charge in [0.2, 0.25) is 11.0 Å². The lowest BCUT2D eigenvalue weighted by Crippen LogP contribution is -2.15. The van der Waals surface area contributed by atoms with Gasteiger partial charge in [0.25, 0.3) is 0 Å². The van der Waals surface area contributed by atoms with E-state index in [0.29, 0.717) is 24.4 Å². The van der Waals surface area contributed by atoms with E-state index in [0.717, 1.165) is 5.56 Å². The molecule has 0 bridgehead atoms. The van der Waals surface area contributed by atoms with Crippen molar-refractivity contribution in [3.8, 4) is 0 Å². The van der Waals surface area contributed by atoms with Gasteiger partial charge in [0.15, 0.2) is 0 Å². The zero-order valence-corrected chi connectivity index (χ0v) is 12.6. The molecule has 3 rings (SSSR count). The molecular weight excluding hydrogens is 302 g/mol. The zero-order valence-electron chi connectivity index (χ0n) is 11.8. The molecule has 2 heterocycles. The van der Waals surface area contributed by atoms with Crippen LogP contribution in [0.15, 0.2) is 35.8 Å². The monoisotopic (exact) mass is 317 g/mol. The first-order chi connectivity index (χ1) is 10.7. The Labute approximate surface area is 131 Å². The number of cyclic esters (lactones) is 1. The molecule has 1 N–H and O–H groups in total. The fourth-order valence-electron chi connectivity index (χ4n) is 2.57. The van der Waals surface area contributed by atoms with E-state index in [1.54, 1.807) is 5.51 Å². The highest BCUT2D eigenvalue weighted by Crippen LogP contribution is 2.38. The molecule has 7 heteroatoms. The summed E-state index contributed by atoms with van der Waals surface area (Å²) < 4.78 is 5.41. The van der Waals surface area contributed by atoms with Crippen molar-refractivity contribution in [1.82, 2.24) is 10.2 Å². The molecule has 1 aromatic heterocycles. The molecule has 1 fully saturated rings. The topological polar surface area (TPSA) is 81.2 Å². The number of hydrogen-bond donors (Lipinski definition) is 1. The number of ether oxygens (including phenoxy) is 1. The van der Waals surface area contributed by atoms with Crippen molar-refractivity contribution in [3.63, 3.8) is 0 Å². The molecule has 0 spiro atoms. The van der Waals surface area contributed by atoms with Gasteiger partial charge in [-0.25, -0.2) is 0 Å². The summed E-state index contributed by atoms with van der Waals surface area (Å²) in [6.45, 7) is 0. The number of carbonyl (C=O) groups excluding carboxylic acids is 2. The summed E-state index contributed by atoms with van der Waals surface area (Å²) in [5.74, 6) is -0.304. The number of rotatable bonds is 5. The Morgan fingerprint density at radius 2 is 2.18 bits per heavy atom. The van der Waals surface area contributed by atoms with Crippen LogP contribution in [0.3, 0.4) is 0 Å². The predicted octanol–water partition coefficient (Wildman–Crippen LogP) is 2.56. The largest absolute Gasteiger partial charge is 0.457 e. The number of benzene rings is 1. The number of amides is 1. The van der Waals surface area contributed by atoms with Gasteiger partial charge in [-0.2, -0.15) is 0 Å². The van der Waals surface area contributed by atoms with Crippen molar-refractivity contribution >= 4 is 28.3 Å². The van der Waals surface area contributed by atoms with Crippen molar-refractivity contribution in [1.29, 1.82) is 0 Å². The number of hydrogen-bond acceptors (Lipinski definition) is 6. The molecule has 1 aromatic carbocycles. The van der Waals surface area contributed by atoms with Crippen molar-refractivity contribution in [2.75, 3.05) is 5.32 Å². The summed E-state index contributed by atoms with van der Waals surface area (Å²) in [7, 11) is 0. The number of nitrogens with zero attached hydrogens (tertiary/aromatic N) is 2. The molecule has 2 aromatic rings. The minimum absolute atomic E-state index is 0.0232. The summed E-state index contributed by atoms with van der Waals surface area (Å²) >= 11 is 1.27. The van der Waals surface area contributed by atoms with Crippen molar-refractivity contribution in [2.24, 2.45) is 5.92 Å². The van der Waals surface area contributed by atoms with Gasteiger partial charge in [0, 0.05) is 12.3 Å². The molecule has 1 aliphatic rings. The van der Waals surface area contributed by atoms with Gasteiger partial charge in [0.05, 0.1) is 6.42 Å². The Balaban J connectivity index is 1.58. The Bertz CT molecular complexity index is 645. The van der Waals surface area contributed by atoms with Crippen LogP contribution in [0.25, 0.3) is 0 Å². The highest BCUT2D eigenvalue weighted by molar-refractivity contribution is 7.13. The van der Waals surface area contributed by atoms with E-state index in [1.165, 1.54) is 11.3 Å². The second-order valence-electron chi connectivity index (χ2n) is 5.12. The molecule has 0 radical (unpaired) electrons. The van der Waals surface area contributed by atoms with Crippen LogP contribution in [0, 0.1) is 5.92 Å². The van der Waals surface area contributed by atoms with Gasteiger partial charge >= 0.3 is 5.97 Å². The lowest BCUT2D eigenvalue weighted by Gasteiger charge is -2.17. The van der Waals surface area contributed by atoms with Gasteiger partial charge < -0.3 is 10.1 Å². The quantitative estimate of drug-likeness (QED) is 0.857. The summed E-state index contributed by atoms with van der Waals surface area (Å²) in [6.07, 6.45) is 1.01. The second-order valence-corrected chi connectivity index (χ2v) is 5.95. The highest BCUT2D eigenvalue weighted by atomic mass is 32.1. The molecule has 0 saturated carbocycles. The minimum Gasteiger partial charge on any atom is -0.457 e. The van der Waals surface area contributed by atoms with Crippen LogP contribution in [0.1, 0.15) is 30.9 Å². The molecular formula is C15H15N3O3S. The number of nitrogens with one attached hydrogen (secondary N) is 1. The third-order valence-electron chi connectivity index (χ3n) is 3.59. The molecule has 22 heavy (non-hydrogen) atoms. The van der Waals surface area contributed by atoms with E-state index in [4.69, 9.17) is 4.74 Å². The summed E-state index contributed by atoms with van der Waals surface area (Å²) in [5.41, 5.74) is 2.53. The van der Waals surface area contributed by atoms with Crippen LogP contribution in [-0.2, 0) is 14.3 Å². The maximum Gasteiger partial charge on any atom is 0.306 e. The number of carbonyl (C=O) groups is 2. The van der Waals surface area contributed by atoms with E-state index in [2.05, 4.69) is 15.5 Å². The van der Waals surface area contributed by atoms with E-state index in [-0.39, 0.29) is 23.9 Å². The minimum atomic E-state index is -0.261. The first-order valence-electron chi connectivity index (χ1n) is 7.03. The van der Waals surface area contributed by atoms with E-state index >= 15 is 0 Å². The van der Waals surface area contributed by atoms with Crippen LogP contribution in [-0.4, -0.2) is 22.1 Å². The van der Waals surface area contributed by atoms with E-state index in [9.17, 15) is 9.59 Å². The van der Waals surface area contributed by atoms with Gasteiger partial charge in [-0.1, -0.05) is 41.7 Å². The van der Waals surface area contributed by atoms with E-state index < -0.39 is 0 Å². The average molecular weight is 317 g/mol. The summed E-state index contributed by atoms with van der Waals surface area (Å²) in [6, 6.07) is 9.64. The number of anilines is 1. The summed E-state index contributed by atoms with van der Waals surface area (Å²) in [4.78, 5) is 23.5. The number of esters is 1. The third-order valence-corrected chi connectivity index (χ3v) is 4.20. The predicted molar refractivity (Wildman–Crippen MR) is 81.2 cm³/mol. The lowest BCUT2D eigenvalue weighted by molar-refractivity contribution is -0.141. The molecule has 1 aliphatic heterocycles. The van der Waals surface area contributed by atoms with Crippen LogP contribution in [0.5, 0.6) is 0 Å². The maximum absolute atomic E-state index is 11.9.